The highest BCUT2D eigenvalue weighted by molar-refractivity contribution is 5.96. The maximum absolute atomic E-state index is 12.3. The molecule has 0 radical (unpaired) electrons. The summed E-state index contributed by atoms with van der Waals surface area (Å²) in [5, 5.41) is 7.69. The maximum atomic E-state index is 12.3. The molecule has 0 atom stereocenters. The molecule has 0 fully saturated rings. The number of ether oxygens (including phenoxy) is 2. The Balaban J connectivity index is 1.84. The van der Waals surface area contributed by atoms with E-state index in [1.54, 1.807) is 23.1 Å². The van der Waals surface area contributed by atoms with Crippen LogP contribution in [0.1, 0.15) is 27.7 Å². The Bertz CT molecular complexity index is 730. The Morgan fingerprint density at radius 1 is 1.04 bits per heavy atom. The summed E-state index contributed by atoms with van der Waals surface area (Å²) in [6.07, 6.45) is 0. The molecule has 1 heterocycles. The third-order valence-electron chi connectivity index (χ3n) is 3.75. The second-order valence-corrected chi connectivity index (χ2v) is 7.46. The van der Waals surface area contributed by atoms with E-state index in [0.29, 0.717) is 36.9 Å². The minimum Gasteiger partial charge on any atom is -0.486 e. The van der Waals surface area contributed by atoms with Crippen LogP contribution in [-0.4, -0.2) is 61.1 Å². The van der Waals surface area contributed by atoms with E-state index < -0.39 is 17.5 Å². The van der Waals surface area contributed by atoms with E-state index in [0.717, 1.165) is 0 Å². The van der Waals surface area contributed by atoms with Crippen molar-refractivity contribution < 1.29 is 23.9 Å². The van der Waals surface area contributed by atoms with Gasteiger partial charge in [-0.1, -0.05) is 6.92 Å². The lowest BCUT2D eigenvalue weighted by Gasteiger charge is -2.22. The molecule has 28 heavy (non-hydrogen) atoms. The second kappa shape index (κ2) is 9.41. The molecular weight excluding hydrogens is 364 g/mol. The van der Waals surface area contributed by atoms with Gasteiger partial charge in [-0.05, 0) is 39.4 Å². The predicted molar refractivity (Wildman–Crippen MR) is 105 cm³/mol. The lowest BCUT2D eigenvalue weighted by atomic mass is 10.1. The molecule has 0 saturated carbocycles. The molecule has 9 nitrogen and oxygen atoms in total. The summed E-state index contributed by atoms with van der Waals surface area (Å²) in [5.41, 5.74) is 0.137. The minimum absolute atomic E-state index is 0.0131. The molecule has 9 heteroatoms. The summed E-state index contributed by atoms with van der Waals surface area (Å²) in [7, 11) is 0. The van der Waals surface area contributed by atoms with Crippen molar-refractivity contribution in [1.82, 2.24) is 15.5 Å². The number of rotatable bonds is 6. The maximum Gasteiger partial charge on any atom is 0.321 e. The lowest BCUT2D eigenvalue weighted by molar-refractivity contribution is -0.122. The number of anilines is 1. The van der Waals surface area contributed by atoms with Gasteiger partial charge >= 0.3 is 6.03 Å². The van der Waals surface area contributed by atoms with Crippen LogP contribution in [0.25, 0.3) is 0 Å². The summed E-state index contributed by atoms with van der Waals surface area (Å²) < 4.78 is 10.9. The fourth-order valence-electron chi connectivity index (χ4n) is 2.55. The van der Waals surface area contributed by atoms with Gasteiger partial charge < -0.3 is 20.1 Å². The zero-order valence-electron chi connectivity index (χ0n) is 16.8. The fourth-order valence-corrected chi connectivity index (χ4v) is 2.55. The first-order valence-corrected chi connectivity index (χ1v) is 9.20. The number of carbonyl (C=O) groups excluding carboxylic acids is 3. The number of benzene rings is 1. The van der Waals surface area contributed by atoms with Crippen LogP contribution in [0.5, 0.6) is 11.5 Å². The molecule has 1 aromatic carbocycles. The fraction of sp³-hybridized carbons (Fsp3) is 0.526. The van der Waals surface area contributed by atoms with Crippen molar-refractivity contribution in [2.45, 2.75) is 33.2 Å². The molecule has 0 aliphatic carbocycles. The van der Waals surface area contributed by atoms with Gasteiger partial charge in [-0.3, -0.25) is 19.8 Å². The molecule has 0 spiro atoms. The standard InChI is InChI=1S/C19H28N4O5/c1-5-23(12-17(25)21-18(26)22-19(2,3)4)11-16(24)20-13-6-7-14-15(10-13)28-9-8-27-14/h6-7,10H,5,8-9,11-12H2,1-4H3,(H,20,24)(H2,21,22,25,26). The number of nitrogens with zero attached hydrogens (tertiary/aromatic N) is 1. The number of hydrogen-bond acceptors (Lipinski definition) is 6. The van der Waals surface area contributed by atoms with E-state index in [1.165, 1.54) is 0 Å². The average Bonchev–Trinajstić information content (AvgIpc) is 2.59. The van der Waals surface area contributed by atoms with Gasteiger partial charge in [-0.15, -0.1) is 0 Å². The zero-order valence-corrected chi connectivity index (χ0v) is 16.8. The molecule has 0 saturated heterocycles. The third kappa shape index (κ3) is 7.07. The number of urea groups is 1. The number of hydrogen-bond donors (Lipinski definition) is 3. The van der Waals surface area contributed by atoms with Crippen LogP contribution in [0.2, 0.25) is 0 Å². The van der Waals surface area contributed by atoms with Crippen molar-refractivity contribution in [1.29, 1.82) is 0 Å². The van der Waals surface area contributed by atoms with Crippen LogP contribution < -0.4 is 25.4 Å². The van der Waals surface area contributed by atoms with E-state index in [4.69, 9.17) is 9.47 Å². The molecule has 2 rings (SSSR count). The van der Waals surface area contributed by atoms with E-state index in [2.05, 4.69) is 16.0 Å². The van der Waals surface area contributed by atoms with Crippen molar-refractivity contribution in [2.75, 3.05) is 38.2 Å². The molecule has 1 aliphatic heterocycles. The van der Waals surface area contributed by atoms with Gasteiger partial charge in [-0.25, -0.2) is 4.79 Å². The van der Waals surface area contributed by atoms with Crippen molar-refractivity contribution >= 4 is 23.5 Å². The summed E-state index contributed by atoms with van der Waals surface area (Å²) in [5.74, 6) is 0.478. The number of amides is 4. The first kappa shape index (κ1) is 21.5. The number of fused-ring (bicyclic) bond motifs is 1. The smallest absolute Gasteiger partial charge is 0.321 e. The van der Waals surface area contributed by atoms with Gasteiger partial charge in [0.25, 0.3) is 0 Å². The topological polar surface area (TPSA) is 109 Å². The van der Waals surface area contributed by atoms with Gasteiger partial charge in [0.1, 0.15) is 13.2 Å². The lowest BCUT2D eigenvalue weighted by Crippen LogP contribution is -2.50. The van der Waals surface area contributed by atoms with E-state index in [9.17, 15) is 14.4 Å². The number of imide groups is 1. The van der Waals surface area contributed by atoms with Gasteiger partial charge in [0.05, 0.1) is 13.1 Å². The molecule has 4 amide bonds. The first-order valence-electron chi connectivity index (χ1n) is 9.20. The molecule has 1 aliphatic rings. The number of carbonyl (C=O) groups is 3. The van der Waals surface area contributed by atoms with E-state index >= 15 is 0 Å². The Labute approximate surface area is 164 Å². The molecule has 154 valence electrons. The second-order valence-electron chi connectivity index (χ2n) is 7.46. The highest BCUT2D eigenvalue weighted by atomic mass is 16.6. The van der Waals surface area contributed by atoms with Crippen LogP contribution >= 0.6 is 0 Å². The van der Waals surface area contributed by atoms with Crippen molar-refractivity contribution in [3.63, 3.8) is 0 Å². The molecule has 0 unspecified atom stereocenters. The summed E-state index contributed by atoms with van der Waals surface area (Å²) in [6.45, 7) is 8.67. The molecule has 0 aromatic heterocycles. The van der Waals surface area contributed by atoms with Crippen molar-refractivity contribution in [3.8, 4) is 11.5 Å². The average molecular weight is 392 g/mol. The van der Waals surface area contributed by atoms with Gasteiger partial charge in [0.2, 0.25) is 11.8 Å². The minimum atomic E-state index is -0.561. The van der Waals surface area contributed by atoms with Gasteiger partial charge in [0.15, 0.2) is 11.5 Å². The number of nitrogens with one attached hydrogen (secondary N) is 3. The first-order chi connectivity index (χ1) is 13.2. The highest BCUT2D eigenvalue weighted by Crippen LogP contribution is 2.32. The normalized spacial score (nSPS) is 13.0. The quantitative estimate of drug-likeness (QED) is 0.674. The monoisotopic (exact) mass is 392 g/mol. The van der Waals surface area contributed by atoms with Gasteiger partial charge in [-0.2, -0.15) is 0 Å². The van der Waals surface area contributed by atoms with Crippen LogP contribution in [-0.2, 0) is 9.59 Å². The third-order valence-corrected chi connectivity index (χ3v) is 3.75. The van der Waals surface area contributed by atoms with Gasteiger partial charge in [0, 0.05) is 17.3 Å². The molecular formula is C19H28N4O5. The van der Waals surface area contributed by atoms with Crippen LogP contribution in [0.15, 0.2) is 18.2 Å². The van der Waals surface area contributed by atoms with Crippen LogP contribution in [0, 0.1) is 0 Å². The largest absolute Gasteiger partial charge is 0.486 e. The van der Waals surface area contributed by atoms with Crippen molar-refractivity contribution in [2.24, 2.45) is 0 Å². The summed E-state index contributed by atoms with van der Waals surface area (Å²) >= 11 is 0. The Hall–Kier alpha value is -2.81. The predicted octanol–water partition coefficient (Wildman–Crippen LogP) is 1.34. The van der Waals surface area contributed by atoms with E-state index in [-0.39, 0.29) is 19.0 Å². The van der Waals surface area contributed by atoms with Crippen LogP contribution in [0.3, 0.4) is 0 Å². The molecule has 3 N–H and O–H groups in total. The Morgan fingerprint density at radius 3 is 2.32 bits per heavy atom. The SMILES string of the molecule is CCN(CC(=O)NC(=O)NC(C)(C)C)CC(=O)Nc1ccc2c(c1)OCCO2. The van der Waals surface area contributed by atoms with Crippen LogP contribution in [0.4, 0.5) is 10.5 Å². The zero-order chi connectivity index (χ0) is 20.7. The molecule has 0 bridgehead atoms. The Morgan fingerprint density at radius 2 is 1.68 bits per heavy atom. The van der Waals surface area contributed by atoms with E-state index in [1.807, 2.05) is 27.7 Å². The highest BCUT2D eigenvalue weighted by Gasteiger charge is 2.19. The summed E-state index contributed by atoms with van der Waals surface area (Å²) in [6, 6.07) is 4.61. The number of likely N-dealkylation sites (N-methyl/N-ethyl adjacent to an activating group) is 1. The van der Waals surface area contributed by atoms with Crippen molar-refractivity contribution in [3.05, 3.63) is 18.2 Å². The Kier molecular flexibility index (Phi) is 7.22. The summed E-state index contributed by atoms with van der Waals surface area (Å²) in [4.78, 5) is 37.7. The molecule has 1 aromatic rings.